The lowest BCUT2D eigenvalue weighted by Crippen LogP contribution is -2.49. The fraction of sp³-hybridized carbons (Fsp3) is 0.684. The molecule has 1 aromatic rings. The Bertz CT molecular complexity index is 524. The quantitative estimate of drug-likeness (QED) is 0.488. The number of hydrogen-bond donors (Lipinski definition) is 0. The first-order chi connectivity index (χ1) is 11.2. The molecule has 0 aliphatic heterocycles. The average Bonchev–Trinajstić information content (AvgIpc) is 2.56. The smallest absolute Gasteiger partial charge is 0.124 e. The molecule has 4 nitrogen and oxygen atoms in total. The number of aryl methyl sites for hydroxylation is 1. The minimum Gasteiger partial charge on any atom is -0.744 e. The molecule has 0 aliphatic rings. The highest BCUT2D eigenvalue weighted by Gasteiger charge is 2.20. The van der Waals surface area contributed by atoms with Crippen LogP contribution in [-0.4, -0.2) is 43.6 Å². The maximum Gasteiger partial charge on any atom is 0.124 e. The first kappa shape index (κ1) is 23.1. The fourth-order valence-electron chi connectivity index (χ4n) is 2.66. The number of hydrogen-bond acceptors (Lipinski definition) is 3. The summed E-state index contributed by atoms with van der Waals surface area (Å²) in [7, 11) is -4.27. The van der Waals surface area contributed by atoms with Crippen LogP contribution in [0.25, 0.3) is 0 Å². The molecule has 5 heteroatoms. The summed E-state index contributed by atoms with van der Waals surface area (Å²) in [5, 5.41) is 0. The minimum atomic E-state index is -4.27. The van der Waals surface area contributed by atoms with Gasteiger partial charge in [0.15, 0.2) is 0 Å². The zero-order valence-electron chi connectivity index (χ0n) is 16.0. The van der Waals surface area contributed by atoms with Gasteiger partial charge in [-0.25, -0.2) is 8.42 Å². The highest BCUT2D eigenvalue weighted by atomic mass is 32.2. The molecule has 0 spiro atoms. The molecule has 0 amide bonds. The van der Waals surface area contributed by atoms with E-state index in [1.54, 1.807) is 12.1 Å². The standard InChI is InChI=1S/C12H28N.C7H8O3S/c1-5-9-11-13(7-3,8-4)12-10-6-2;1-6-2-4-7(5-3-6)11(8,9)10/h5-12H2,1-4H3;2-5H,1H3,(H,8,9,10)/q+1;/p-1. The van der Waals surface area contributed by atoms with Crippen LogP contribution >= 0.6 is 0 Å². The van der Waals surface area contributed by atoms with E-state index in [1.807, 2.05) is 6.92 Å². The monoisotopic (exact) mass is 357 g/mol. The Morgan fingerprint density at radius 3 is 1.58 bits per heavy atom. The van der Waals surface area contributed by atoms with Crippen LogP contribution in [0.5, 0.6) is 0 Å². The van der Waals surface area contributed by atoms with Gasteiger partial charge in [-0.1, -0.05) is 44.4 Å². The molecule has 0 heterocycles. The molecule has 0 aliphatic carbocycles. The highest BCUT2D eigenvalue weighted by molar-refractivity contribution is 7.85. The minimum absolute atomic E-state index is 0.178. The third kappa shape index (κ3) is 8.81. The summed E-state index contributed by atoms with van der Waals surface area (Å²) in [5.41, 5.74) is 0.928. The van der Waals surface area contributed by atoms with Gasteiger partial charge in [-0.15, -0.1) is 0 Å². The summed E-state index contributed by atoms with van der Waals surface area (Å²) in [4.78, 5) is -0.178. The summed E-state index contributed by atoms with van der Waals surface area (Å²) in [6.45, 7) is 16.5. The molecule has 0 unspecified atom stereocenters. The van der Waals surface area contributed by atoms with Crippen molar-refractivity contribution in [2.45, 2.75) is 65.2 Å². The molecule has 0 atom stereocenters. The van der Waals surface area contributed by atoms with E-state index in [0.29, 0.717) is 0 Å². The first-order valence-electron chi connectivity index (χ1n) is 9.12. The summed E-state index contributed by atoms with van der Waals surface area (Å²) in [6, 6.07) is 5.78. The van der Waals surface area contributed by atoms with Crippen LogP contribution in [0.3, 0.4) is 0 Å². The van der Waals surface area contributed by atoms with Crippen molar-refractivity contribution >= 4 is 10.1 Å². The first-order valence-corrected chi connectivity index (χ1v) is 10.5. The van der Waals surface area contributed by atoms with E-state index >= 15 is 0 Å². The highest BCUT2D eigenvalue weighted by Crippen LogP contribution is 2.11. The van der Waals surface area contributed by atoms with Gasteiger partial charge in [-0.05, 0) is 45.7 Å². The van der Waals surface area contributed by atoms with Gasteiger partial charge in [0.05, 0.1) is 31.1 Å². The molecule has 1 aromatic carbocycles. The fourth-order valence-corrected chi connectivity index (χ4v) is 3.13. The Morgan fingerprint density at radius 1 is 0.875 bits per heavy atom. The lowest BCUT2D eigenvalue weighted by molar-refractivity contribution is -0.925. The van der Waals surface area contributed by atoms with E-state index in [1.165, 1.54) is 68.5 Å². The molecule has 24 heavy (non-hydrogen) atoms. The molecule has 0 radical (unpaired) electrons. The zero-order valence-corrected chi connectivity index (χ0v) is 16.9. The van der Waals surface area contributed by atoms with Crippen LogP contribution in [0, 0.1) is 6.92 Å². The second-order valence-electron chi connectivity index (χ2n) is 6.40. The van der Waals surface area contributed by atoms with Crippen molar-refractivity contribution in [2.75, 3.05) is 26.2 Å². The lowest BCUT2D eigenvalue weighted by Gasteiger charge is -2.37. The van der Waals surface area contributed by atoms with E-state index in [4.69, 9.17) is 0 Å². The average molecular weight is 358 g/mol. The van der Waals surface area contributed by atoms with E-state index in [9.17, 15) is 13.0 Å². The SMILES string of the molecule is CCCC[N+](CC)(CC)CCCC.Cc1ccc(S(=O)(=O)[O-])cc1. The van der Waals surface area contributed by atoms with Crippen LogP contribution in [0.2, 0.25) is 0 Å². The summed E-state index contributed by atoms with van der Waals surface area (Å²) >= 11 is 0. The number of unbranched alkanes of at least 4 members (excludes halogenated alkanes) is 2. The van der Waals surface area contributed by atoms with Crippen LogP contribution in [0.4, 0.5) is 0 Å². The van der Waals surface area contributed by atoms with Crippen molar-refractivity contribution in [2.24, 2.45) is 0 Å². The summed E-state index contributed by atoms with van der Waals surface area (Å²) in [5.74, 6) is 0. The van der Waals surface area contributed by atoms with E-state index in [0.717, 1.165) is 5.56 Å². The van der Waals surface area contributed by atoms with Crippen LogP contribution in [0.1, 0.15) is 58.9 Å². The topological polar surface area (TPSA) is 57.2 Å². The molecular weight excluding hydrogens is 322 g/mol. The predicted molar refractivity (Wildman–Crippen MR) is 100 cm³/mol. The maximum atomic E-state index is 10.4. The van der Waals surface area contributed by atoms with Crippen molar-refractivity contribution in [1.82, 2.24) is 0 Å². The molecule has 0 aromatic heterocycles. The van der Waals surface area contributed by atoms with Crippen LogP contribution < -0.4 is 0 Å². The van der Waals surface area contributed by atoms with Crippen molar-refractivity contribution in [3.63, 3.8) is 0 Å². The molecule has 0 saturated carbocycles. The summed E-state index contributed by atoms with van der Waals surface area (Å²) < 4.78 is 32.5. The molecular formula is C19H35NO3S. The van der Waals surface area contributed by atoms with Crippen molar-refractivity contribution in [1.29, 1.82) is 0 Å². The van der Waals surface area contributed by atoms with Gasteiger partial charge in [0.1, 0.15) is 10.1 Å². The molecule has 140 valence electrons. The Balaban J connectivity index is 0.000000446. The van der Waals surface area contributed by atoms with Gasteiger partial charge in [-0.2, -0.15) is 0 Å². The number of nitrogens with zero attached hydrogens (tertiary/aromatic N) is 1. The Labute approximate surface area is 149 Å². The largest absolute Gasteiger partial charge is 0.744 e. The zero-order chi connectivity index (χ0) is 18.6. The second kappa shape index (κ2) is 11.6. The Morgan fingerprint density at radius 2 is 1.29 bits per heavy atom. The predicted octanol–water partition coefficient (Wildman–Crippen LogP) is 4.34. The molecule has 1 rings (SSSR count). The lowest BCUT2D eigenvalue weighted by atomic mass is 10.2. The Hall–Kier alpha value is -0.910. The third-order valence-electron chi connectivity index (χ3n) is 4.62. The number of rotatable bonds is 9. The molecule has 0 saturated heterocycles. The number of quaternary nitrogens is 1. The van der Waals surface area contributed by atoms with Crippen LogP contribution in [0.15, 0.2) is 29.2 Å². The van der Waals surface area contributed by atoms with Crippen molar-refractivity contribution in [3.8, 4) is 0 Å². The normalized spacial score (nSPS) is 11.8. The van der Waals surface area contributed by atoms with Crippen LogP contribution in [-0.2, 0) is 10.1 Å². The van der Waals surface area contributed by atoms with E-state index in [-0.39, 0.29) is 4.90 Å². The van der Waals surface area contributed by atoms with Gasteiger partial charge in [-0.3, -0.25) is 0 Å². The maximum absolute atomic E-state index is 10.4. The molecule has 0 fully saturated rings. The van der Waals surface area contributed by atoms with E-state index < -0.39 is 10.1 Å². The molecule has 0 bridgehead atoms. The van der Waals surface area contributed by atoms with E-state index in [2.05, 4.69) is 27.7 Å². The Kier molecular flexibility index (Phi) is 11.2. The third-order valence-corrected chi connectivity index (χ3v) is 5.47. The van der Waals surface area contributed by atoms with Crippen molar-refractivity contribution < 1.29 is 17.5 Å². The van der Waals surface area contributed by atoms with Gasteiger partial charge < -0.3 is 9.04 Å². The molecule has 0 N–H and O–H groups in total. The summed E-state index contributed by atoms with van der Waals surface area (Å²) in [6.07, 6.45) is 5.47. The van der Waals surface area contributed by atoms with Gasteiger partial charge in [0, 0.05) is 0 Å². The number of benzene rings is 1. The second-order valence-corrected chi connectivity index (χ2v) is 7.78. The van der Waals surface area contributed by atoms with Gasteiger partial charge in [0.2, 0.25) is 0 Å². The van der Waals surface area contributed by atoms with Crippen molar-refractivity contribution in [3.05, 3.63) is 29.8 Å². The van der Waals surface area contributed by atoms with Gasteiger partial charge in [0.25, 0.3) is 0 Å². The van der Waals surface area contributed by atoms with Gasteiger partial charge >= 0.3 is 0 Å².